The van der Waals surface area contributed by atoms with Crippen molar-refractivity contribution in [3.05, 3.63) is 75.9 Å². The summed E-state index contributed by atoms with van der Waals surface area (Å²) in [7, 11) is 0. The highest BCUT2D eigenvalue weighted by atomic mass is 35.5. The van der Waals surface area contributed by atoms with Crippen LogP contribution in [0.25, 0.3) is 11.3 Å². The second-order valence-corrected chi connectivity index (χ2v) is 7.39. The molecule has 5 nitrogen and oxygen atoms in total. The van der Waals surface area contributed by atoms with Gasteiger partial charge in [0.2, 0.25) is 0 Å². The van der Waals surface area contributed by atoms with Crippen molar-refractivity contribution in [2.45, 2.75) is 26.4 Å². The molecule has 0 saturated heterocycles. The number of aryl methyl sites for hydroxylation is 2. The van der Waals surface area contributed by atoms with Gasteiger partial charge in [-0.3, -0.25) is 9.78 Å². The van der Waals surface area contributed by atoms with Crippen molar-refractivity contribution in [2.24, 2.45) is 0 Å². The van der Waals surface area contributed by atoms with E-state index in [0.29, 0.717) is 39.6 Å². The molecule has 4 rings (SSSR count). The number of halogens is 2. The smallest absolute Gasteiger partial charge is 0.252 e. The molecule has 0 fully saturated rings. The van der Waals surface area contributed by atoms with Gasteiger partial charge >= 0.3 is 0 Å². The number of amides is 1. The maximum absolute atomic E-state index is 14.4. The van der Waals surface area contributed by atoms with Gasteiger partial charge in [-0.05, 0) is 38.1 Å². The first-order valence-corrected chi connectivity index (χ1v) is 9.63. The molecule has 1 N–H and O–H groups in total. The third-order valence-corrected chi connectivity index (χ3v) is 5.19. The van der Waals surface area contributed by atoms with Crippen LogP contribution in [0, 0.1) is 19.7 Å². The van der Waals surface area contributed by atoms with Crippen LogP contribution in [-0.2, 0) is 6.42 Å². The minimum absolute atomic E-state index is 0.232. The summed E-state index contributed by atoms with van der Waals surface area (Å²) in [4.78, 5) is 21.3. The summed E-state index contributed by atoms with van der Waals surface area (Å²) in [5.41, 5.74) is 3.76. The van der Waals surface area contributed by atoms with E-state index in [1.165, 1.54) is 6.07 Å². The lowest BCUT2D eigenvalue weighted by atomic mass is 10.0. The highest BCUT2D eigenvalue weighted by Crippen LogP contribution is 2.40. The van der Waals surface area contributed by atoms with Crippen LogP contribution in [-0.4, -0.2) is 28.5 Å². The Labute approximate surface area is 172 Å². The van der Waals surface area contributed by atoms with Gasteiger partial charge in [-0.25, -0.2) is 9.37 Å². The number of hydrogen-bond donors (Lipinski definition) is 1. The average Bonchev–Trinajstić information content (AvgIpc) is 3.14. The van der Waals surface area contributed by atoms with Crippen molar-refractivity contribution < 1.29 is 13.9 Å². The molecule has 0 radical (unpaired) electrons. The van der Waals surface area contributed by atoms with Crippen molar-refractivity contribution in [2.75, 3.05) is 6.54 Å². The Hall–Kier alpha value is -2.99. The SMILES string of the molecule is Cc1cnc(C)c(-c2ccc(F)c3c2O[C@@H](CNC(=O)c2ccccc2Cl)C3)n1. The standard InChI is InChI=1S/C22H19ClFN3O2/c1-12-10-25-13(2)20(27-12)16-7-8-19(24)17-9-14(29-21(16)17)11-26-22(28)15-5-3-4-6-18(15)23/h3-8,10,14H,9,11H2,1-2H3,(H,26,28)/t14-/m1/s1. The van der Waals surface area contributed by atoms with E-state index in [1.54, 1.807) is 36.5 Å². The largest absolute Gasteiger partial charge is 0.487 e. The van der Waals surface area contributed by atoms with E-state index in [9.17, 15) is 9.18 Å². The molecule has 1 aliphatic heterocycles. The van der Waals surface area contributed by atoms with E-state index < -0.39 is 0 Å². The lowest BCUT2D eigenvalue weighted by molar-refractivity contribution is 0.0934. The molecule has 2 heterocycles. The minimum atomic E-state index is -0.384. The second kappa shape index (κ2) is 7.79. The molecule has 1 amide bonds. The number of nitrogens with zero attached hydrogens (tertiary/aromatic N) is 2. The topological polar surface area (TPSA) is 64.1 Å². The second-order valence-electron chi connectivity index (χ2n) is 6.98. The average molecular weight is 412 g/mol. The van der Waals surface area contributed by atoms with Crippen LogP contribution in [0.5, 0.6) is 5.75 Å². The fourth-order valence-electron chi connectivity index (χ4n) is 3.40. The first-order chi connectivity index (χ1) is 13.9. The van der Waals surface area contributed by atoms with Gasteiger partial charge in [0.15, 0.2) is 0 Å². The molecular formula is C22H19ClFN3O2. The van der Waals surface area contributed by atoms with Gasteiger partial charge in [-0.1, -0.05) is 23.7 Å². The molecule has 0 aliphatic carbocycles. The molecule has 0 spiro atoms. The van der Waals surface area contributed by atoms with Crippen molar-refractivity contribution in [3.63, 3.8) is 0 Å². The van der Waals surface area contributed by atoms with Crippen LogP contribution in [0.15, 0.2) is 42.6 Å². The highest BCUT2D eigenvalue weighted by molar-refractivity contribution is 6.33. The molecule has 1 aromatic heterocycles. The van der Waals surface area contributed by atoms with Gasteiger partial charge in [0.05, 0.1) is 34.2 Å². The Morgan fingerprint density at radius 3 is 2.86 bits per heavy atom. The molecule has 1 aliphatic rings. The number of hydrogen-bond acceptors (Lipinski definition) is 4. The maximum atomic E-state index is 14.4. The number of fused-ring (bicyclic) bond motifs is 1. The molecule has 3 aromatic rings. The summed E-state index contributed by atoms with van der Waals surface area (Å²) in [6, 6.07) is 9.90. The van der Waals surface area contributed by atoms with Crippen LogP contribution in [0.4, 0.5) is 4.39 Å². The fraction of sp³-hybridized carbons (Fsp3) is 0.227. The van der Waals surface area contributed by atoms with Crippen LogP contribution < -0.4 is 10.1 Å². The van der Waals surface area contributed by atoms with Crippen LogP contribution in [0.3, 0.4) is 0 Å². The van der Waals surface area contributed by atoms with Gasteiger partial charge < -0.3 is 10.1 Å². The number of carbonyl (C=O) groups is 1. The molecule has 0 unspecified atom stereocenters. The third kappa shape index (κ3) is 3.80. The van der Waals surface area contributed by atoms with Gasteiger partial charge in [-0.2, -0.15) is 0 Å². The van der Waals surface area contributed by atoms with E-state index >= 15 is 0 Å². The van der Waals surface area contributed by atoms with Gasteiger partial charge in [0, 0.05) is 23.7 Å². The normalized spacial score (nSPS) is 15.0. The predicted molar refractivity (Wildman–Crippen MR) is 109 cm³/mol. The summed E-state index contributed by atoms with van der Waals surface area (Å²) >= 11 is 6.07. The summed E-state index contributed by atoms with van der Waals surface area (Å²) in [5, 5.41) is 3.19. The van der Waals surface area contributed by atoms with E-state index in [2.05, 4.69) is 15.3 Å². The Morgan fingerprint density at radius 2 is 2.07 bits per heavy atom. The first-order valence-electron chi connectivity index (χ1n) is 9.25. The van der Waals surface area contributed by atoms with Gasteiger partial charge in [0.1, 0.15) is 17.7 Å². The summed E-state index contributed by atoms with van der Waals surface area (Å²) in [6.45, 7) is 3.94. The van der Waals surface area contributed by atoms with Crippen molar-refractivity contribution >= 4 is 17.5 Å². The molecule has 2 aromatic carbocycles. The molecule has 148 valence electrons. The van der Waals surface area contributed by atoms with Gasteiger partial charge in [-0.15, -0.1) is 0 Å². The monoisotopic (exact) mass is 411 g/mol. The highest BCUT2D eigenvalue weighted by Gasteiger charge is 2.30. The Balaban J connectivity index is 1.55. The zero-order valence-electron chi connectivity index (χ0n) is 16.0. The quantitative estimate of drug-likeness (QED) is 0.695. The van der Waals surface area contributed by atoms with Crippen LogP contribution in [0.2, 0.25) is 5.02 Å². The first kappa shape index (κ1) is 19.3. The summed E-state index contributed by atoms with van der Waals surface area (Å²) in [5.74, 6) is -0.164. The molecular weight excluding hydrogens is 393 g/mol. The van der Waals surface area contributed by atoms with Gasteiger partial charge in [0.25, 0.3) is 5.91 Å². The van der Waals surface area contributed by atoms with E-state index in [1.807, 2.05) is 13.8 Å². The Bertz CT molecular complexity index is 1100. The lowest BCUT2D eigenvalue weighted by Gasteiger charge is -2.14. The molecule has 1 atom stereocenters. The van der Waals surface area contributed by atoms with Crippen LogP contribution in [0.1, 0.15) is 27.3 Å². The third-order valence-electron chi connectivity index (χ3n) is 4.86. The predicted octanol–water partition coefficient (Wildman–Crippen LogP) is 4.29. The minimum Gasteiger partial charge on any atom is -0.487 e. The number of rotatable bonds is 4. The summed E-state index contributed by atoms with van der Waals surface area (Å²) < 4.78 is 20.5. The van der Waals surface area contributed by atoms with Crippen LogP contribution >= 0.6 is 11.6 Å². The van der Waals surface area contributed by atoms with Crippen molar-refractivity contribution in [1.82, 2.24) is 15.3 Å². The molecule has 0 bridgehead atoms. The number of nitrogens with one attached hydrogen (secondary N) is 1. The molecule has 0 saturated carbocycles. The van der Waals surface area contributed by atoms with E-state index in [4.69, 9.17) is 16.3 Å². The van der Waals surface area contributed by atoms with E-state index in [-0.39, 0.29) is 24.4 Å². The zero-order valence-corrected chi connectivity index (χ0v) is 16.8. The molecule has 29 heavy (non-hydrogen) atoms. The molecule has 7 heteroatoms. The lowest BCUT2D eigenvalue weighted by Crippen LogP contribution is -2.34. The Morgan fingerprint density at radius 1 is 1.28 bits per heavy atom. The van der Waals surface area contributed by atoms with Crippen molar-refractivity contribution in [1.29, 1.82) is 0 Å². The fourth-order valence-corrected chi connectivity index (χ4v) is 3.63. The number of carbonyl (C=O) groups excluding carboxylic acids is 1. The summed E-state index contributed by atoms with van der Waals surface area (Å²) in [6.07, 6.45) is 1.66. The number of ether oxygens (including phenoxy) is 1. The maximum Gasteiger partial charge on any atom is 0.252 e. The Kier molecular flexibility index (Phi) is 5.20. The van der Waals surface area contributed by atoms with E-state index in [0.717, 1.165) is 11.4 Å². The number of aromatic nitrogens is 2. The number of benzene rings is 2. The zero-order chi connectivity index (χ0) is 20.5. The van der Waals surface area contributed by atoms with Crippen molar-refractivity contribution in [3.8, 4) is 17.0 Å².